The first kappa shape index (κ1) is 26.7. The van der Waals surface area contributed by atoms with E-state index in [0.717, 1.165) is 18.1 Å². The summed E-state index contributed by atoms with van der Waals surface area (Å²) < 4.78 is 29.4. The number of benzene rings is 2. The highest BCUT2D eigenvalue weighted by Crippen LogP contribution is 2.31. The van der Waals surface area contributed by atoms with Gasteiger partial charge in [0, 0.05) is 42.6 Å². The third-order valence-electron chi connectivity index (χ3n) is 5.62. The van der Waals surface area contributed by atoms with Crippen LogP contribution in [0.1, 0.15) is 50.9 Å². The van der Waals surface area contributed by atoms with Gasteiger partial charge in [-0.05, 0) is 55.7 Å². The highest BCUT2D eigenvalue weighted by molar-refractivity contribution is 6.03. The standard InChI is InChI=1S/C26H27F2N3O.C2H6/c1-6-18(3)30(5)16-22(19(4)21-12-11-20(27)15-23(21)28)24-13-14-26(32)31(29-24)25-10-8-7-9-17(25)2;1-2/h7-16,18H,4,6H2,1-3,5H3;1-2H3/b22-16+;/t18-;/m1./s1. The molecule has 0 radical (unpaired) electrons. The van der Waals surface area contributed by atoms with Crippen LogP contribution < -0.4 is 5.56 Å². The van der Waals surface area contributed by atoms with E-state index in [2.05, 4.69) is 25.5 Å². The molecule has 3 aromatic rings. The van der Waals surface area contributed by atoms with E-state index < -0.39 is 11.6 Å². The molecule has 0 saturated carbocycles. The third kappa shape index (κ3) is 6.07. The quantitative estimate of drug-likeness (QED) is 0.368. The molecule has 0 spiro atoms. The smallest absolute Gasteiger partial charge is 0.271 e. The highest BCUT2D eigenvalue weighted by Gasteiger charge is 2.18. The fourth-order valence-corrected chi connectivity index (χ4v) is 3.33. The Kier molecular flexibility index (Phi) is 9.48. The second-order valence-electron chi connectivity index (χ2n) is 7.82. The van der Waals surface area contributed by atoms with E-state index in [9.17, 15) is 13.6 Å². The van der Waals surface area contributed by atoms with Crippen molar-refractivity contribution in [3.63, 3.8) is 0 Å². The molecular weight excluding hydrogens is 432 g/mol. The lowest BCUT2D eigenvalue weighted by Crippen LogP contribution is -2.24. The zero-order chi connectivity index (χ0) is 25.4. The molecule has 0 unspecified atom stereocenters. The monoisotopic (exact) mass is 465 g/mol. The Hall–Kier alpha value is -3.54. The Bertz CT molecular complexity index is 1230. The number of hydrogen-bond donors (Lipinski definition) is 0. The van der Waals surface area contributed by atoms with Crippen LogP contribution in [0.15, 0.2) is 72.2 Å². The lowest BCUT2D eigenvalue weighted by molar-refractivity contribution is 0.344. The normalized spacial score (nSPS) is 11.9. The van der Waals surface area contributed by atoms with Gasteiger partial charge in [0.05, 0.1) is 11.4 Å². The van der Waals surface area contributed by atoms with E-state index >= 15 is 0 Å². The first-order valence-electron chi connectivity index (χ1n) is 11.5. The van der Waals surface area contributed by atoms with Crippen LogP contribution >= 0.6 is 0 Å². The fraction of sp³-hybridized carbons (Fsp3) is 0.286. The maximum Gasteiger partial charge on any atom is 0.271 e. The Morgan fingerprint density at radius 1 is 1.15 bits per heavy atom. The van der Waals surface area contributed by atoms with Crippen molar-refractivity contribution >= 4 is 11.1 Å². The minimum atomic E-state index is -0.709. The molecule has 4 nitrogen and oxygen atoms in total. The molecule has 1 aromatic heterocycles. The summed E-state index contributed by atoms with van der Waals surface area (Å²) in [5.74, 6) is -1.37. The van der Waals surface area contributed by atoms with Crippen molar-refractivity contribution in [2.24, 2.45) is 0 Å². The maximum atomic E-state index is 14.6. The molecule has 180 valence electrons. The zero-order valence-corrected chi connectivity index (χ0v) is 20.8. The molecule has 0 amide bonds. The van der Waals surface area contributed by atoms with Crippen LogP contribution in [-0.2, 0) is 0 Å². The molecule has 0 fully saturated rings. The number of para-hydroxylation sites is 1. The van der Waals surface area contributed by atoms with Crippen molar-refractivity contribution < 1.29 is 8.78 Å². The predicted molar refractivity (Wildman–Crippen MR) is 137 cm³/mol. The van der Waals surface area contributed by atoms with Crippen molar-refractivity contribution in [3.8, 4) is 5.69 Å². The fourth-order valence-electron chi connectivity index (χ4n) is 3.33. The van der Waals surface area contributed by atoms with Crippen LogP contribution in [0.3, 0.4) is 0 Å². The van der Waals surface area contributed by atoms with Crippen LogP contribution in [0.2, 0.25) is 0 Å². The summed E-state index contributed by atoms with van der Waals surface area (Å²) in [4.78, 5) is 14.6. The number of halogens is 2. The average molecular weight is 466 g/mol. The van der Waals surface area contributed by atoms with Gasteiger partial charge in [0.15, 0.2) is 0 Å². The van der Waals surface area contributed by atoms with Crippen LogP contribution in [0.5, 0.6) is 0 Å². The molecule has 34 heavy (non-hydrogen) atoms. The van der Waals surface area contributed by atoms with E-state index in [1.807, 2.05) is 63.2 Å². The number of rotatable bonds is 7. The molecule has 6 heteroatoms. The van der Waals surface area contributed by atoms with Crippen molar-refractivity contribution in [2.45, 2.75) is 47.1 Å². The molecule has 1 atom stereocenters. The largest absolute Gasteiger partial charge is 0.377 e. The first-order valence-corrected chi connectivity index (χ1v) is 11.5. The second kappa shape index (κ2) is 12.1. The van der Waals surface area contributed by atoms with Gasteiger partial charge in [-0.2, -0.15) is 9.78 Å². The van der Waals surface area contributed by atoms with Crippen LogP contribution in [0, 0.1) is 18.6 Å². The van der Waals surface area contributed by atoms with Gasteiger partial charge in [0.1, 0.15) is 11.6 Å². The van der Waals surface area contributed by atoms with Gasteiger partial charge < -0.3 is 4.90 Å². The second-order valence-corrected chi connectivity index (χ2v) is 7.82. The molecule has 0 aliphatic rings. The summed E-state index contributed by atoms with van der Waals surface area (Å²) in [5, 5.41) is 4.59. The Morgan fingerprint density at radius 3 is 2.44 bits per heavy atom. The summed E-state index contributed by atoms with van der Waals surface area (Å²) in [6.45, 7) is 14.1. The molecule has 0 aliphatic carbocycles. The van der Waals surface area contributed by atoms with Crippen LogP contribution in [-0.4, -0.2) is 27.8 Å². The topological polar surface area (TPSA) is 38.1 Å². The summed E-state index contributed by atoms with van der Waals surface area (Å²) in [6, 6.07) is 14.1. The van der Waals surface area contributed by atoms with Crippen LogP contribution in [0.25, 0.3) is 16.8 Å². The molecule has 0 N–H and O–H groups in total. The van der Waals surface area contributed by atoms with E-state index in [1.54, 1.807) is 6.07 Å². The molecule has 0 aliphatic heterocycles. The molecule has 0 bridgehead atoms. The van der Waals surface area contributed by atoms with Gasteiger partial charge in [0.25, 0.3) is 5.56 Å². The predicted octanol–water partition coefficient (Wildman–Crippen LogP) is 6.63. The van der Waals surface area contributed by atoms with Gasteiger partial charge in [-0.25, -0.2) is 8.78 Å². The third-order valence-corrected chi connectivity index (χ3v) is 5.62. The van der Waals surface area contributed by atoms with E-state index in [0.29, 0.717) is 22.5 Å². The van der Waals surface area contributed by atoms with Gasteiger partial charge >= 0.3 is 0 Å². The van der Waals surface area contributed by atoms with Gasteiger partial charge in [-0.15, -0.1) is 0 Å². The van der Waals surface area contributed by atoms with Crippen molar-refractivity contribution in [1.82, 2.24) is 14.7 Å². The maximum absolute atomic E-state index is 14.6. The van der Waals surface area contributed by atoms with Crippen molar-refractivity contribution in [2.75, 3.05) is 7.05 Å². The minimum absolute atomic E-state index is 0.172. The summed E-state index contributed by atoms with van der Waals surface area (Å²) >= 11 is 0. The Morgan fingerprint density at radius 2 is 1.82 bits per heavy atom. The molecule has 0 saturated heterocycles. The number of aryl methyl sites for hydroxylation is 1. The number of allylic oxidation sites excluding steroid dienone is 2. The van der Waals surface area contributed by atoms with Crippen molar-refractivity contribution in [1.29, 1.82) is 0 Å². The SMILES string of the molecule is C=C(/C(=C\N(C)[C@H](C)CC)c1ccc(=O)n(-c2ccccc2C)n1)c1ccc(F)cc1F.CC. The zero-order valence-electron chi connectivity index (χ0n) is 20.8. The average Bonchev–Trinajstić information content (AvgIpc) is 2.83. The lowest BCUT2D eigenvalue weighted by atomic mass is 9.96. The van der Waals surface area contributed by atoms with Crippen LogP contribution in [0.4, 0.5) is 8.78 Å². The highest BCUT2D eigenvalue weighted by atomic mass is 19.1. The van der Waals surface area contributed by atoms with Gasteiger partial charge in [-0.3, -0.25) is 4.79 Å². The number of hydrogen-bond acceptors (Lipinski definition) is 3. The minimum Gasteiger partial charge on any atom is -0.377 e. The van der Waals surface area contributed by atoms with E-state index in [-0.39, 0.29) is 17.2 Å². The molecule has 3 rings (SSSR count). The van der Waals surface area contributed by atoms with E-state index in [4.69, 9.17) is 0 Å². The van der Waals surface area contributed by atoms with Gasteiger partial charge in [-0.1, -0.05) is 45.5 Å². The Labute approximate surface area is 200 Å². The van der Waals surface area contributed by atoms with Gasteiger partial charge in [0.2, 0.25) is 0 Å². The summed E-state index contributed by atoms with van der Waals surface area (Å²) in [7, 11) is 1.92. The lowest BCUT2D eigenvalue weighted by Gasteiger charge is -2.24. The summed E-state index contributed by atoms with van der Waals surface area (Å²) in [6.07, 6.45) is 2.74. The number of nitrogens with zero attached hydrogens (tertiary/aromatic N) is 3. The summed E-state index contributed by atoms with van der Waals surface area (Å²) in [5.41, 5.74) is 2.79. The molecule has 2 aromatic carbocycles. The van der Waals surface area contributed by atoms with Crippen molar-refractivity contribution in [3.05, 3.63) is 106 Å². The van der Waals surface area contributed by atoms with E-state index in [1.165, 1.54) is 22.9 Å². The Balaban J connectivity index is 0.00000199. The molecular formula is C28H33F2N3O. The molecule has 1 heterocycles. The number of aromatic nitrogens is 2. The first-order chi connectivity index (χ1) is 16.2.